The standard InChI is InChI=1S/C31H36N8O3Si.C21H20N8O.2C10H18O3Si.C9H18OSi.C4H8O.C3H4O/c1-31(2,3)43(4,5)42-18-8-10-25(40)38-17-15-23(19-38)39-29-26(28(32)34-20-35-29)27(37-39)21-11-13-22(14-12-21)30(41)36-24-9-6-7-16-33-24;22-19-17-18(28-29(15-8-10-23-11-15)20(17)26-12-25-19)13-4-6-14(7-5-13)21(30)27-16-3-1-2-9-24-16;2*1-10(2,3)14(4,5)13-8-6-7-9(11)12;1-7-8-10-11(5,6)9(2,3)4;1-2-4-5-3-1;1-2-3-4/h6-7,9,11-14,16,20,23H,15,17-19H2,1-5H3,(H2,32,34,35)(H,33,36,41);1-7,9,12,15,23H,8,10-11H2,(H2,22,25,26)(H,24,27,30);2*8H2,1-5H3,(H,11,12);1H,8H2,2-6H3;1-4H2;1,4H,3H2/t23-;15-;;;;;/m11...../s1. The monoisotopic (exact) mass is 1720 g/mol. The van der Waals surface area contributed by atoms with Crippen molar-refractivity contribution in [2.45, 2.75) is 193 Å². The number of carbonyl (C=O) groups excluding carboxylic acids is 3. The van der Waals surface area contributed by atoms with E-state index in [2.05, 4.69) is 217 Å². The Balaban J connectivity index is 0.000000287. The molecular formula is C88H122N16O13Si4. The van der Waals surface area contributed by atoms with E-state index in [0.29, 0.717) is 82.9 Å². The third kappa shape index (κ3) is 31.3. The molecule has 3 saturated heterocycles. The lowest BCUT2D eigenvalue weighted by Gasteiger charge is -2.35. The Labute approximate surface area is 717 Å². The van der Waals surface area contributed by atoms with E-state index in [1.54, 1.807) is 71.9 Å². The Morgan fingerprint density at radius 2 is 0.909 bits per heavy atom. The maximum absolute atomic E-state index is 12.9. The molecule has 33 heteroatoms. The fraction of sp³-hybridized carbons (Fsp3) is 0.466. The number of amides is 3. The molecule has 9 heterocycles. The van der Waals surface area contributed by atoms with Gasteiger partial charge in [-0.2, -0.15) is 10.2 Å². The molecule has 3 aliphatic rings. The average molecular weight is 1720 g/mol. The second-order valence-corrected chi connectivity index (χ2v) is 53.7. The first-order valence-corrected chi connectivity index (χ1v) is 51.5. The number of aliphatic carboxylic acids is 2. The van der Waals surface area contributed by atoms with Gasteiger partial charge < -0.3 is 70.1 Å². The molecule has 0 spiro atoms. The Morgan fingerprint density at radius 3 is 1.23 bits per heavy atom. The van der Waals surface area contributed by atoms with Crippen LogP contribution in [0, 0.1) is 60.2 Å². The lowest BCUT2D eigenvalue weighted by atomic mass is 10.1. The van der Waals surface area contributed by atoms with Crippen molar-refractivity contribution in [1.82, 2.24) is 59.7 Å². The normalized spacial score (nSPS) is 14.5. The van der Waals surface area contributed by atoms with E-state index < -0.39 is 45.2 Å². The van der Waals surface area contributed by atoms with Crippen LogP contribution in [0.1, 0.15) is 142 Å². The number of pyridine rings is 2. The van der Waals surface area contributed by atoms with Crippen molar-refractivity contribution in [3.05, 3.63) is 121 Å². The smallest absolute Gasteiger partial charge is 0.381 e. The van der Waals surface area contributed by atoms with Crippen LogP contribution in [-0.4, -0.2) is 205 Å². The number of carboxylic acids is 2. The first-order chi connectivity index (χ1) is 56.7. The molecule has 3 aliphatic heterocycles. The number of terminal acetylenes is 2. The molecule has 11 rings (SSSR count). The molecule has 0 aliphatic carbocycles. The molecule has 2 atom stereocenters. The van der Waals surface area contributed by atoms with Crippen LogP contribution < -0.4 is 27.4 Å². The quantitative estimate of drug-likeness (QED) is 0.0329. The van der Waals surface area contributed by atoms with E-state index >= 15 is 0 Å². The number of benzene rings is 2. The fourth-order valence-corrected chi connectivity index (χ4v) is 13.8. The predicted octanol–water partition coefficient (Wildman–Crippen LogP) is 14.0. The second kappa shape index (κ2) is 46.3. The molecule has 3 fully saturated rings. The summed E-state index contributed by atoms with van der Waals surface area (Å²) < 4.78 is 31.7. The number of rotatable bonds is 16. The molecule has 3 amide bonds. The van der Waals surface area contributed by atoms with Crippen LogP contribution in [0.25, 0.3) is 44.6 Å². The Bertz CT molecular complexity index is 4950. The van der Waals surface area contributed by atoms with Crippen molar-refractivity contribution in [3.63, 3.8) is 0 Å². The summed E-state index contributed by atoms with van der Waals surface area (Å²) in [5.41, 5.74) is 17.7. The highest BCUT2D eigenvalue weighted by molar-refractivity contribution is 6.75. The fourth-order valence-electron chi connectivity index (χ4n) is 10.3. The van der Waals surface area contributed by atoms with E-state index in [1.165, 1.54) is 25.5 Å². The maximum atomic E-state index is 12.9. The van der Waals surface area contributed by atoms with Crippen LogP contribution >= 0.6 is 0 Å². The van der Waals surface area contributed by atoms with Crippen molar-refractivity contribution in [1.29, 1.82) is 0 Å². The molecular weight excluding hydrogens is 1600 g/mol. The number of nitrogen functional groups attached to an aromatic ring is 2. The second-order valence-electron chi connectivity index (χ2n) is 34.4. The molecule has 0 saturated carbocycles. The number of anilines is 4. The molecule has 29 nitrogen and oxygen atoms in total. The number of ether oxygens (including phenoxy) is 1. The van der Waals surface area contributed by atoms with Gasteiger partial charge in [0.15, 0.2) is 44.6 Å². The van der Waals surface area contributed by atoms with Crippen molar-refractivity contribution in [3.8, 4) is 82.7 Å². The summed E-state index contributed by atoms with van der Waals surface area (Å²) in [6, 6.07) is 25.1. The van der Waals surface area contributed by atoms with Crippen molar-refractivity contribution in [2.75, 3.05) is 94.5 Å². The van der Waals surface area contributed by atoms with Gasteiger partial charge in [0.2, 0.25) is 0 Å². The average Bonchev–Trinajstić information content (AvgIpc) is 1.61. The first-order valence-electron chi connectivity index (χ1n) is 39.9. The summed E-state index contributed by atoms with van der Waals surface area (Å²) in [5, 5.41) is 44.8. The summed E-state index contributed by atoms with van der Waals surface area (Å²) in [7, 11) is -7.04. The van der Waals surface area contributed by atoms with Crippen LogP contribution in [0.4, 0.5) is 23.3 Å². The van der Waals surface area contributed by atoms with E-state index in [1.807, 2.05) is 57.5 Å². The number of likely N-dealkylation sites (tertiary alicyclic amines) is 1. The van der Waals surface area contributed by atoms with Crippen LogP contribution in [0.2, 0.25) is 72.5 Å². The van der Waals surface area contributed by atoms with Crippen molar-refractivity contribution >= 4 is 108 Å². The lowest BCUT2D eigenvalue weighted by Crippen LogP contribution is -2.40. The first kappa shape index (κ1) is 101. The zero-order valence-electron chi connectivity index (χ0n) is 73.8. The largest absolute Gasteiger partial charge is 0.472 e. The topological polar surface area (TPSA) is 397 Å². The van der Waals surface area contributed by atoms with E-state index in [9.17, 15) is 24.0 Å². The minimum atomic E-state index is -1.93. The third-order valence-electron chi connectivity index (χ3n) is 21.6. The molecule has 2 aromatic carbocycles. The van der Waals surface area contributed by atoms with E-state index in [-0.39, 0.29) is 76.4 Å². The number of carboxylic acid groups (broad SMARTS) is 2. The summed E-state index contributed by atoms with van der Waals surface area (Å²) in [4.78, 5) is 85.5. The van der Waals surface area contributed by atoms with Gasteiger partial charge in [0.1, 0.15) is 53.9 Å². The highest BCUT2D eigenvalue weighted by Crippen LogP contribution is 2.41. The number of aromatic nitrogens is 10. The van der Waals surface area contributed by atoms with Crippen LogP contribution in [0.3, 0.4) is 0 Å². The molecule has 648 valence electrons. The van der Waals surface area contributed by atoms with Crippen molar-refractivity contribution < 1.29 is 61.7 Å². The Hall–Kier alpha value is -10.8. The predicted molar refractivity (Wildman–Crippen MR) is 487 cm³/mol. The number of hydrogen-bond acceptors (Lipinski definition) is 22. The zero-order chi connectivity index (χ0) is 90.2. The van der Waals surface area contributed by atoms with Crippen LogP contribution in [0.5, 0.6) is 0 Å². The van der Waals surface area contributed by atoms with Crippen LogP contribution in [-0.2, 0) is 36.8 Å². The van der Waals surface area contributed by atoms with Gasteiger partial charge in [-0.25, -0.2) is 48.9 Å². The Kier molecular flexibility index (Phi) is 38.5. The molecule has 0 bridgehead atoms. The SMILES string of the molecule is C#CCO.C#CCO[Si](C)(C)C(C)(C)C.C1CCOC1.CC(C)(C)[Si](C)(C)OCC#CC(=O)N1CC[C@@H](n2nc(-c3ccc(C(=O)Nc4ccccn4)cc3)c3c(N)ncnc32)C1.CC(C)(C)[Si](C)(C)OCC#CC(=O)O.CC(C)(C)[Si](C)(C)OCC#CC(=O)O.Nc1ncnc2c1c(-c1ccc(C(=O)Nc3ccccn3)cc1)nn2[C@@H]1CCNC1. The highest BCUT2D eigenvalue weighted by Gasteiger charge is 2.40. The number of aliphatic hydroxyl groups excluding tert-OH is 1. The molecule has 0 unspecified atom stereocenters. The lowest BCUT2D eigenvalue weighted by molar-refractivity contribution is -0.131. The van der Waals surface area contributed by atoms with Crippen LogP contribution in [0.15, 0.2) is 110 Å². The minimum Gasteiger partial charge on any atom is -0.472 e. The molecule has 8 aromatic rings. The summed E-state index contributed by atoms with van der Waals surface area (Å²) in [6.07, 6.45) is 20.0. The number of nitrogens with one attached hydrogen (secondary N) is 3. The van der Waals surface area contributed by atoms with E-state index in [4.69, 9.17) is 65.8 Å². The molecule has 121 heavy (non-hydrogen) atoms. The van der Waals surface area contributed by atoms with Crippen molar-refractivity contribution in [2.24, 2.45) is 0 Å². The highest BCUT2D eigenvalue weighted by atomic mass is 28.4. The number of carbonyl (C=O) groups is 5. The third-order valence-corrected chi connectivity index (χ3v) is 39.5. The number of nitrogens with zero attached hydrogens (tertiary/aromatic N) is 11. The number of nitrogens with two attached hydrogens (primary N) is 2. The number of aliphatic hydroxyl groups is 1. The number of fused-ring (bicyclic) bond motifs is 2. The van der Waals surface area contributed by atoms with E-state index in [0.717, 1.165) is 54.9 Å². The molecule has 6 aromatic heterocycles. The summed E-state index contributed by atoms with van der Waals surface area (Å²) >= 11 is 0. The van der Waals surface area contributed by atoms with Gasteiger partial charge in [-0.3, -0.25) is 14.4 Å². The van der Waals surface area contributed by atoms with Gasteiger partial charge >= 0.3 is 11.9 Å². The maximum Gasteiger partial charge on any atom is 0.381 e. The minimum absolute atomic E-state index is 0.0793. The molecule has 10 N–H and O–H groups in total. The zero-order valence-corrected chi connectivity index (χ0v) is 77.8. The van der Waals surface area contributed by atoms with Gasteiger partial charge in [0.05, 0.1) is 49.3 Å². The Morgan fingerprint density at radius 1 is 0.529 bits per heavy atom. The number of hydrogen-bond donors (Lipinski definition) is 8. The van der Waals surface area contributed by atoms with Gasteiger partial charge in [-0.1, -0.05) is 149 Å². The summed E-state index contributed by atoms with van der Waals surface area (Å²) in [6.45, 7) is 48.8. The molecule has 0 radical (unpaired) electrons. The van der Waals surface area contributed by atoms with Gasteiger partial charge in [0.25, 0.3) is 17.7 Å². The van der Waals surface area contributed by atoms with Gasteiger partial charge in [-0.05, 0) is 159 Å². The van der Waals surface area contributed by atoms with Gasteiger partial charge in [-0.15, -0.1) is 12.8 Å². The van der Waals surface area contributed by atoms with Gasteiger partial charge in [0, 0.05) is 79.3 Å². The summed E-state index contributed by atoms with van der Waals surface area (Å²) in [5.74, 6) is 17.9.